The van der Waals surface area contributed by atoms with Gasteiger partial charge in [0, 0.05) is 34.7 Å². The standard InChI is InChI=1S/C15H17N5O2/c16-18-6-8-1-3-12-10(14(8)21)5-11-13(20-12)4-2-9(7-19-17)15(11)22/h5-7,18-19H,1-4,16-17H2/b8-6-,9-7-. The molecule has 1 heterocycles. The Morgan fingerprint density at radius 1 is 0.864 bits per heavy atom. The largest absolute Gasteiger partial charge is 0.331 e. The second kappa shape index (κ2) is 5.70. The number of rotatable bonds is 2. The Balaban J connectivity index is 2.06. The molecule has 0 aliphatic heterocycles. The van der Waals surface area contributed by atoms with E-state index >= 15 is 0 Å². The van der Waals surface area contributed by atoms with Crippen molar-refractivity contribution in [2.45, 2.75) is 25.7 Å². The molecule has 1 aromatic rings. The Bertz CT molecular complexity index is 664. The molecule has 2 aliphatic carbocycles. The number of hydrogen-bond donors (Lipinski definition) is 4. The van der Waals surface area contributed by atoms with E-state index in [-0.39, 0.29) is 11.6 Å². The number of nitrogens with zero attached hydrogens (tertiary/aromatic N) is 1. The molecular weight excluding hydrogens is 282 g/mol. The molecule has 1 aromatic heterocycles. The number of aromatic nitrogens is 1. The summed E-state index contributed by atoms with van der Waals surface area (Å²) in [5.41, 5.74) is 8.47. The Hall–Kier alpha value is -2.51. The fourth-order valence-electron chi connectivity index (χ4n) is 2.92. The SMILES string of the molecule is NN/C=C1/CCc2nc3c(cc2C1=O)C(=O)/C(=C\NN)CC3. The summed E-state index contributed by atoms with van der Waals surface area (Å²) in [5, 5.41) is 0. The lowest BCUT2D eigenvalue weighted by Crippen LogP contribution is -2.25. The predicted molar refractivity (Wildman–Crippen MR) is 80.4 cm³/mol. The number of allylic oxidation sites excluding steroid dienone is 2. The molecule has 7 nitrogen and oxygen atoms in total. The zero-order valence-electron chi connectivity index (χ0n) is 12.0. The van der Waals surface area contributed by atoms with Crippen molar-refractivity contribution in [1.29, 1.82) is 0 Å². The lowest BCUT2D eigenvalue weighted by Gasteiger charge is -2.22. The van der Waals surface area contributed by atoms with Crippen molar-refractivity contribution in [1.82, 2.24) is 15.8 Å². The predicted octanol–water partition coefficient (Wildman–Crippen LogP) is 0.0338. The summed E-state index contributed by atoms with van der Waals surface area (Å²) in [6.07, 6.45) is 5.52. The molecule has 0 spiro atoms. The van der Waals surface area contributed by atoms with Crippen LogP contribution in [0.5, 0.6) is 0 Å². The highest BCUT2D eigenvalue weighted by atomic mass is 16.1. The van der Waals surface area contributed by atoms with Gasteiger partial charge in [0.05, 0.1) is 11.4 Å². The number of nitrogens with one attached hydrogen (secondary N) is 2. The average Bonchev–Trinajstić information content (AvgIpc) is 2.52. The van der Waals surface area contributed by atoms with Crippen LogP contribution in [0.15, 0.2) is 29.6 Å². The van der Waals surface area contributed by atoms with Gasteiger partial charge in [-0.1, -0.05) is 0 Å². The van der Waals surface area contributed by atoms with Crippen molar-refractivity contribution >= 4 is 11.6 Å². The fraction of sp³-hybridized carbons (Fsp3) is 0.267. The normalized spacial score (nSPS) is 20.8. The maximum absolute atomic E-state index is 12.4. The maximum Gasteiger partial charge on any atom is 0.192 e. The number of hydrogen-bond acceptors (Lipinski definition) is 7. The van der Waals surface area contributed by atoms with Crippen LogP contribution in [0.25, 0.3) is 0 Å². The van der Waals surface area contributed by atoms with Crippen LogP contribution < -0.4 is 22.5 Å². The summed E-state index contributed by atoms with van der Waals surface area (Å²) < 4.78 is 0. The first kappa shape index (κ1) is 14.4. The van der Waals surface area contributed by atoms with E-state index in [1.54, 1.807) is 6.07 Å². The minimum Gasteiger partial charge on any atom is -0.331 e. The second-order valence-corrected chi connectivity index (χ2v) is 5.31. The van der Waals surface area contributed by atoms with Crippen LogP contribution >= 0.6 is 0 Å². The van der Waals surface area contributed by atoms with Gasteiger partial charge >= 0.3 is 0 Å². The van der Waals surface area contributed by atoms with Crippen LogP contribution in [-0.2, 0) is 12.8 Å². The Kier molecular flexibility index (Phi) is 3.74. The third-order valence-electron chi connectivity index (χ3n) is 4.03. The Morgan fingerprint density at radius 2 is 1.32 bits per heavy atom. The van der Waals surface area contributed by atoms with Crippen LogP contribution in [0.1, 0.15) is 44.9 Å². The number of nitrogens with two attached hydrogens (primary N) is 2. The molecule has 0 saturated carbocycles. The number of fused-ring (bicyclic) bond motifs is 2. The van der Waals surface area contributed by atoms with Crippen LogP contribution in [0.2, 0.25) is 0 Å². The first-order valence-electron chi connectivity index (χ1n) is 7.08. The molecule has 114 valence electrons. The summed E-state index contributed by atoms with van der Waals surface area (Å²) in [6, 6.07) is 1.66. The number of carbonyl (C=O) groups excluding carboxylic acids is 2. The van der Waals surface area contributed by atoms with Crippen LogP contribution in [0.4, 0.5) is 0 Å². The van der Waals surface area contributed by atoms with Gasteiger partial charge in [-0.3, -0.25) is 26.3 Å². The fourth-order valence-corrected chi connectivity index (χ4v) is 2.92. The van der Waals surface area contributed by atoms with E-state index in [1.165, 1.54) is 12.4 Å². The Labute approximate surface area is 127 Å². The van der Waals surface area contributed by atoms with Gasteiger partial charge in [-0.05, 0) is 31.7 Å². The highest BCUT2D eigenvalue weighted by molar-refractivity contribution is 6.14. The van der Waals surface area contributed by atoms with Gasteiger partial charge in [0.1, 0.15) is 0 Å². The second-order valence-electron chi connectivity index (χ2n) is 5.31. The molecule has 0 bridgehead atoms. The molecule has 3 rings (SSSR count). The number of ketones is 2. The maximum atomic E-state index is 12.4. The van der Waals surface area contributed by atoms with Crippen molar-refractivity contribution < 1.29 is 9.59 Å². The molecule has 0 fully saturated rings. The van der Waals surface area contributed by atoms with E-state index in [2.05, 4.69) is 15.8 Å². The van der Waals surface area contributed by atoms with Crippen molar-refractivity contribution in [2.75, 3.05) is 0 Å². The zero-order chi connectivity index (χ0) is 15.7. The number of pyridine rings is 1. The minimum absolute atomic E-state index is 0.129. The smallest absolute Gasteiger partial charge is 0.192 e. The van der Waals surface area contributed by atoms with E-state index in [0.29, 0.717) is 48.0 Å². The van der Waals surface area contributed by atoms with Crippen LogP contribution in [0.3, 0.4) is 0 Å². The van der Waals surface area contributed by atoms with Crippen molar-refractivity contribution in [3.8, 4) is 0 Å². The van der Waals surface area contributed by atoms with Crippen LogP contribution in [-0.4, -0.2) is 16.6 Å². The topological polar surface area (TPSA) is 123 Å². The lowest BCUT2D eigenvalue weighted by atomic mass is 9.84. The molecule has 7 heteroatoms. The first-order chi connectivity index (χ1) is 10.7. The van der Waals surface area contributed by atoms with E-state index in [1.807, 2.05) is 0 Å². The first-order valence-corrected chi connectivity index (χ1v) is 7.08. The molecule has 0 saturated heterocycles. The third-order valence-corrected chi connectivity index (χ3v) is 4.03. The lowest BCUT2D eigenvalue weighted by molar-refractivity contribution is 0.102. The minimum atomic E-state index is -0.129. The summed E-state index contributed by atoms with van der Waals surface area (Å²) in [7, 11) is 0. The molecular formula is C15H17N5O2. The monoisotopic (exact) mass is 299 g/mol. The molecule has 2 aliphatic rings. The van der Waals surface area contributed by atoms with Gasteiger partial charge in [0.25, 0.3) is 0 Å². The van der Waals surface area contributed by atoms with Gasteiger partial charge in [0.2, 0.25) is 0 Å². The number of Topliss-reactive ketones (excluding diaryl/α,β-unsaturated/α-hetero) is 2. The van der Waals surface area contributed by atoms with E-state index in [4.69, 9.17) is 11.7 Å². The molecule has 0 radical (unpaired) electrons. The summed E-state index contributed by atoms with van der Waals surface area (Å²) >= 11 is 0. The highest BCUT2D eigenvalue weighted by Crippen LogP contribution is 2.30. The summed E-state index contributed by atoms with van der Waals surface area (Å²) in [6.45, 7) is 0. The summed E-state index contributed by atoms with van der Waals surface area (Å²) in [4.78, 5) is 29.4. The number of aryl methyl sites for hydroxylation is 2. The van der Waals surface area contributed by atoms with E-state index < -0.39 is 0 Å². The quantitative estimate of drug-likeness (QED) is 0.345. The van der Waals surface area contributed by atoms with Crippen molar-refractivity contribution in [3.05, 3.63) is 52.1 Å². The third kappa shape index (κ3) is 2.30. The average molecular weight is 299 g/mol. The zero-order valence-corrected chi connectivity index (χ0v) is 12.0. The van der Waals surface area contributed by atoms with Gasteiger partial charge in [0.15, 0.2) is 11.6 Å². The molecule has 6 N–H and O–H groups in total. The van der Waals surface area contributed by atoms with Crippen LogP contribution in [0, 0.1) is 0 Å². The molecule has 0 amide bonds. The Morgan fingerprint density at radius 3 is 1.73 bits per heavy atom. The molecule has 0 unspecified atom stereocenters. The van der Waals surface area contributed by atoms with Gasteiger partial charge in [-0.15, -0.1) is 0 Å². The summed E-state index contributed by atoms with van der Waals surface area (Å²) in [5.74, 6) is 10.2. The molecule has 0 aromatic carbocycles. The molecule has 22 heavy (non-hydrogen) atoms. The van der Waals surface area contributed by atoms with E-state index in [0.717, 1.165) is 11.4 Å². The van der Waals surface area contributed by atoms with Crippen molar-refractivity contribution in [2.24, 2.45) is 11.7 Å². The highest BCUT2D eigenvalue weighted by Gasteiger charge is 2.29. The van der Waals surface area contributed by atoms with Gasteiger partial charge in [-0.2, -0.15) is 0 Å². The van der Waals surface area contributed by atoms with E-state index in [9.17, 15) is 9.59 Å². The number of carbonyl (C=O) groups is 2. The molecule has 0 atom stereocenters. The van der Waals surface area contributed by atoms with Crippen molar-refractivity contribution in [3.63, 3.8) is 0 Å². The number of hydrazine groups is 2. The van der Waals surface area contributed by atoms with Gasteiger partial charge in [-0.25, -0.2) is 0 Å². The van der Waals surface area contributed by atoms with Gasteiger partial charge < -0.3 is 10.9 Å².